The zero-order valence-corrected chi connectivity index (χ0v) is 26.5. The normalized spacial score (nSPS) is 10.6. The zero-order chi connectivity index (χ0) is 32.3. The highest BCUT2D eigenvalue weighted by Gasteiger charge is 2.04. The van der Waals surface area contributed by atoms with Crippen LogP contribution in [0.1, 0.15) is 0 Å². The molecule has 0 amide bonds. The third-order valence-electron chi connectivity index (χ3n) is 5.11. The van der Waals surface area contributed by atoms with E-state index in [1.54, 1.807) is 21.6 Å². The van der Waals surface area contributed by atoms with E-state index in [1.165, 1.54) is 23.5 Å². The lowest BCUT2D eigenvalue weighted by Crippen LogP contribution is -2.32. The maximum Gasteiger partial charge on any atom is 0.313 e. The molecule has 43 heavy (non-hydrogen) atoms. The summed E-state index contributed by atoms with van der Waals surface area (Å²) in [5.74, 6) is -1.53. The number of carboxylic acid groups (broad SMARTS) is 2. The first-order chi connectivity index (χ1) is 20.7. The molecule has 0 saturated carbocycles. The van der Waals surface area contributed by atoms with Crippen molar-refractivity contribution in [1.82, 2.24) is 9.80 Å². The fourth-order valence-corrected chi connectivity index (χ4v) is 5.21. The minimum atomic E-state index is -0.825. The molecule has 0 saturated heterocycles. The van der Waals surface area contributed by atoms with E-state index in [-0.39, 0.29) is 51.1 Å². The Balaban J connectivity index is 0.000000733. The van der Waals surface area contributed by atoms with Crippen molar-refractivity contribution in [2.45, 2.75) is 19.6 Å². The van der Waals surface area contributed by atoms with E-state index in [9.17, 15) is 9.59 Å². The molecule has 0 atom stereocenters. The third-order valence-corrected chi connectivity index (χ3v) is 8.11. The maximum absolute atomic E-state index is 10.5. The van der Waals surface area contributed by atoms with Crippen LogP contribution in [-0.4, -0.2) is 153 Å². The topological polar surface area (TPSA) is 202 Å². The van der Waals surface area contributed by atoms with Gasteiger partial charge < -0.3 is 40.9 Å². The van der Waals surface area contributed by atoms with E-state index >= 15 is 0 Å². The van der Waals surface area contributed by atoms with Crippen molar-refractivity contribution in [3.8, 4) is 0 Å². The van der Waals surface area contributed by atoms with Crippen LogP contribution >= 0.6 is 35.3 Å². The molecule has 2 rings (SSSR count). The first-order valence-electron chi connectivity index (χ1n) is 13.4. The van der Waals surface area contributed by atoms with Crippen LogP contribution in [-0.2, 0) is 9.59 Å². The smallest absolute Gasteiger partial charge is 0.313 e. The Labute approximate surface area is 265 Å². The number of aliphatic hydroxyl groups is 6. The molecule has 0 aliphatic rings. The molecule has 8 N–H and O–H groups in total. The minimum absolute atomic E-state index is 0.0575. The zero-order valence-electron chi connectivity index (χ0n) is 24.0. The standard InChI is InChI=1S/C16H14O4S3.2C6H15NO3/c17-15(18)9-21-11-1-5-13(6-2-11)23-14-7-3-12(4-8-14)22-10-16(19)20;2*8-4-1-7(2-5-9)3-6-10/h1-8H,9-10H2,(H,17,18)(H,19,20);2*8-10H,1-6H2. The molecule has 2 aromatic carbocycles. The molecule has 12 nitrogen and oxygen atoms in total. The molecule has 0 radical (unpaired) electrons. The van der Waals surface area contributed by atoms with Crippen LogP contribution in [0.5, 0.6) is 0 Å². The van der Waals surface area contributed by atoms with E-state index in [2.05, 4.69) is 0 Å². The number of hydrogen-bond donors (Lipinski definition) is 8. The van der Waals surface area contributed by atoms with Gasteiger partial charge in [-0.15, -0.1) is 23.5 Å². The number of hydrogen-bond acceptors (Lipinski definition) is 13. The van der Waals surface area contributed by atoms with Crippen LogP contribution in [0.4, 0.5) is 0 Å². The number of aliphatic carboxylic acids is 2. The molecule has 0 aromatic heterocycles. The van der Waals surface area contributed by atoms with Crippen LogP contribution in [0.2, 0.25) is 0 Å². The summed E-state index contributed by atoms with van der Waals surface area (Å²) in [4.78, 5) is 28.6. The van der Waals surface area contributed by atoms with Crippen molar-refractivity contribution in [3.05, 3.63) is 48.5 Å². The highest BCUT2D eigenvalue weighted by molar-refractivity contribution is 8.00. The predicted molar refractivity (Wildman–Crippen MR) is 169 cm³/mol. The second-order valence-corrected chi connectivity index (χ2v) is 11.7. The van der Waals surface area contributed by atoms with Gasteiger partial charge in [-0.25, -0.2) is 0 Å². The van der Waals surface area contributed by atoms with Crippen molar-refractivity contribution in [2.75, 3.05) is 90.4 Å². The third kappa shape index (κ3) is 23.2. The van der Waals surface area contributed by atoms with Crippen LogP contribution in [0, 0.1) is 0 Å². The van der Waals surface area contributed by atoms with Gasteiger partial charge in [0.15, 0.2) is 0 Å². The van der Waals surface area contributed by atoms with E-state index in [0.717, 1.165) is 19.6 Å². The van der Waals surface area contributed by atoms with Crippen molar-refractivity contribution in [1.29, 1.82) is 0 Å². The monoisotopic (exact) mass is 664 g/mol. The van der Waals surface area contributed by atoms with Gasteiger partial charge in [-0.05, 0) is 48.5 Å². The summed E-state index contributed by atoms with van der Waals surface area (Å²) in [5.41, 5.74) is 0. The number of carboxylic acids is 2. The quantitative estimate of drug-likeness (QED) is 0.0920. The Morgan fingerprint density at radius 1 is 0.465 bits per heavy atom. The Kier molecular flexibility index (Phi) is 26.4. The first-order valence-corrected chi connectivity index (χ1v) is 16.2. The number of benzene rings is 2. The van der Waals surface area contributed by atoms with Gasteiger partial charge in [0.2, 0.25) is 0 Å². The molecule has 0 heterocycles. The molecule has 0 fully saturated rings. The Morgan fingerprint density at radius 2 is 0.698 bits per heavy atom. The average Bonchev–Trinajstić information content (AvgIpc) is 2.98. The molecule has 244 valence electrons. The largest absolute Gasteiger partial charge is 0.481 e. The van der Waals surface area contributed by atoms with Crippen LogP contribution in [0.25, 0.3) is 0 Å². The number of carbonyl (C=O) groups is 2. The van der Waals surface area contributed by atoms with Crippen molar-refractivity contribution >= 4 is 47.2 Å². The summed E-state index contributed by atoms with van der Waals surface area (Å²) < 4.78 is 0. The predicted octanol–water partition coefficient (Wildman–Crippen LogP) is 0.722. The van der Waals surface area contributed by atoms with Crippen molar-refractivity contribution in [2.24, 2.45) is 0 Å². The van der Waals surface area contributed by atoms with Gasteiger partial charge in [0.25, 0.3) is 0 Å². The lowest BCUT2D eigenvalue weighted by atomic mass is 10.4. The lowest BCUT2D eigenvalue weighted by Gasteiger charge is -2.17. The molecule has 0 aliphatic carbocycles. The molecule has 0 unspecified atom stereocenters. The Bertz CT molecular complexity index is 866. The molecule has 0 spiro atoms. The highest BCUT2D eigenvalue weighted by Crippen LogP contribution is 2.31. The van der Waals surface area contributed by atoms with Gasteiger partial charge in [0.1, 0.15) is 0 Å². The second kappa shape index (κ2) is 27.6. The van der Waals surface area contributed by atoms with Crippen LogP contribution < -0.4 is 0 Å². The molecular formula is C28H44N2O10S3. The van der Waals surface area contributed by atoms with E-state index in [4.69, 9.17) is 40.9 Å². The fraction of sp³-hybridized carbons (Fsp3) is 0.500. The SMILES string of the molecule is O=C(O)CSc1ccc(Sc2ccc(SCC(=O)O)cc2)cc1.OCCN(CCO)CCO.OCCN(CCO)CCO. The summed E-state index contributed by atoms with van der Waals surface area (Å²) in [6, 6.07) is 15.5. The summed E-state index contributed by atoms with van der Waals surface area (Å²) in [5, 5.41) is 68.2. The number of aliphatic hydroxyl groups excluding tert-OH is 6. The maximum atomic E-state index is 10.5. The van der Waals surface area contributed by atoms with Crippen molar-refractivity contribution in [3.63, 3.8) is 0 Å². The average molecular weight is 665 g/mol. The van der Waals surface area contributed by atoms with Gasteiger partial charge in [-0.2, -0.15) is 0 Å². The number of thioether (sulfide) groups is 2. The molecular weight excluding hydrogens is 621 g/mol. The summed E-state index contributed by atoms with van der Waals surface area (Å²) in [6.07, 6.45) is 0. The molecule has 15 heteroatoms. The summed E-state index contributed by atoms with van der Waals surface area (Å²) in [6.45, 7) is 3.51. The molecule has 0 aliphatic heterocycles. The van der Waals surface area contributed by atoms with Gasteiger partial charge in [-0.3, -0.25) is 19.4 Å². The Hall–Kier alpha value is -1.89. The van der Waals surface area contributed by atoms with Gasteiger partial charge in [-0.1, -0.05) is 11.8 Å². The van der Waals surface area contributed by atoms with Gasteiger partial charge in [0, 0.05) is 58.9 Å². The first kappa shape index (κ1) is 41.1. The molecule has 0 bridgehead atoms. The van der Waals surface area contributed by atoms with Crippen LogP contribution in [0.3, 0.4) is 0 Å². The fourth-order valence-electron chi connectivity index (χ4n) is 3.15. The van der Waals surface area contributed by atoms with E-state index in [1.807, 2.05) is 48.5 Å². The van der Waals surface area contributed by atoms with Gasteiger partial charge >= 0.3 is 11.9 Å². The summed E-state index contributed by atoms with van der Waals surface area (Å²) in [7, 11) is 0. The summed E-state index contributed by atoms with van der Waals surface area (Å²) >= 11 is 4.19. The Morgan fingerprint density at radius 3 is 0.907 bits per heavy atom. The second-order valence-electron chi connectivity index (χ2n) is 8.43. The van der Waals surface area contributed by atoms with Crippen LogP contribution in [0.15, 0.2) is 68.1 Å². The number of rotatable bonds is 20. The molecule has 2 aromatic rings. The van der Waals surface area contributed by atoms with Crippen molar-refractivity contribution < 1.29 is 50.4 Å². The lowest BCUT2D eigenvalue weighted by molar-refractivity contribution is -0.134. The number of nitrogens with zero attached hydrogens (tertiary/aromatic N) is 2. The highest BCUT2D eigenvalue weighted by atomic mass is 32.2. The van der Waals surface area contributed by atoms with Gasteiger partial charge in [0.05, 0.1) is 51.1 Å². The van der Waals surface area contributed by atoms with E-state index in [0.29, 0.717) is 39.3 Å². The minimum Gasteiger partial charge on any atom is -0.481 e. The van der Waals surface area contributed by atoms with E-state index < -0.39 is 11.9 Å².